The zero-order valence-electron chi connectivity index (χ0n) is 14.4. The monoisotopic (exact) mass is 343 g/mol. The Kier molecular flexibility index (Phi) is 4.72. The highest BCUT2D eigenvalue weighted by molar-refractivity contribution is 6.00. The number of nitrogens with zero attached hydrogens (tertiary/aromatic N) is 1. The molecule has 3 aliphatic rings. The largest absolute Gasteiger partial charge is 0.493 e. The second-order valence-corrected chi connectivity index (χ2v) is 7.27. The Bertz CT molecular complexity index is 670. The summed E-state index contributed by atoms with van der Waals surface area (Å²) in [5.74, 6) is 1.24. The second kappa shape index (κ2) is 7.14. The highest BCUT2D eigenvalue weighted by Crippen LogP contribution is 2.33. The van der Waals surface area contributed by atoms with Crippen molar-refractivity contribution in [3.05, 3.63) is 29.3 Å². The first-order valence-corrected chi connectivity index (χ1v) is 9.23. The Morgan fingerprint density at radius 1 is 1.12 bits per heavy atom. The number of piperidine rings is 2. The van der Waals surface area contributed by atoms with E-state index in [4.69, 9.17) is 4.74 Å². The molecule has 0 radical (unpaired) electrons. The standard InChI is InChI=1S/C19H25N3O3/c23-18-5-4-16(19(24)21-18)22-10-14-2-1-3-17(15(14)11-22)25-12-13-6-8-20-9-7-13/h1-3,13,16,20H,4-12H2,(H,21,23,24). The number of amides is 2. The third-order valence-electron chi connectivity index (χ3n) is 5.55. The van der Waals surface area contributed by atoms with Gasteiger partial charge in [0, 0.05) is 25.1 Å². The summed E-state index contributed by atoms with van der Waals surface area (Å²) in [4.78, 5) is 25.7. The van der Waals surface area contributed by atoms with Gasteiger partial charge in [-0.2, -0.15) is 0 Å². The van der Waals surface area contributed by atoms with Crippen molar-refractivity contribution in [2.75, 3.05) is 19.7 Å². The summed E-state index contributed by atoms with van der Waals surface area (Å²) < 4.78 is 6.16. The predicted molar refractivity (Wildman–Crippen MR) is 92.9 cm³/mol. The lowest BCUT2D eigenvalue weighted by Crippen LogP contribution is -2.50. The number of hydrogen-bond donors (Lipinski definition) is 2. The van der Waals surface area contributed by atoms with Crippen LogP contribution in [0.3, 0.4) is 0 Å². The fraction of sp³-hybridized carbons (Fsp3) is 0.579. The normalized spacial score (nSPS) is 24.9. The minimum atomic E-state index is -0.220. The van der Waals surface area contributed by atoms with Gasteiger partial charge in [-0.3, -0.25) is 19.8 Å². The SMILES string of the molecule is O=C1CCC(N2Cc3cccc(OCC4CCNCC4)c3C2)C(=O)N1. The van der Waals surface area contributed by atoms with Crippen LogP contribution in [0.5, 0.6) is 5.75 Å². The van der Waals surface area contributed by atoms with E-state index in [2.05, 4.69) is 21.6 Å². The van der Waals surface area contributed by atoms with Crippen LogP contribution < -0.4 is 15.4 Å². The highest BCUT2D eigenvalue weighted by Gasteiger charge is 2.35. The number of hydrogen-bond acceptors (Lipinski definition) is 5. The Morgan fingerprint density at radius 2 is 1.96 bits per heavy atom. The molecule has 1 aromatic rings. The van der Waals surface area contributed by atoms with Gasteiger partial charge in [0.25, 0.3) is 0 Å². The molecule has 0 aliphatic carbocycles. The van der Waals surface area contributed by atoms with Crippen LogP contribution in [0.4, 0.5) is 0 Å². The van der Waals surface area contributed by atoms with Crippen LogP contribution in [0.25, 0.3) is 0 Å². The third-order valence-corrected chi connectivity index (χ3v) is 5.55. The van der Waals surface area contributed by atoms with Gasteiger partial charge in [-0.05, 0) is 49.9 Å². The van der Waals surface area contributed by atoms with Gasteiger partial charge in [-0.1, -0.05) is 12.1 Å². The summed E-state index contributed by atoms with van der Waals surface area (Å²) in [6.07, 6.45) is 3.35. The topological polar surface area (TPSA) is 70.7 Å². The molecule has 1 unspecified atom stereocenters. The van der Waals surface area contributed by atoms with Crippen LogP contribution in [0.15, 0.2) is 18.2 Å². The first-order chi connectivity index (χ1) is 12.2. The summed E-state index contributed by atoms with van der Waals surface area (Å²) in [5.41, 5.74) is 2.42. The van der Waals surface area contributed by atoms with Gasteiger partial charge in [0.1, 0.15) is 5.75 Å². The van der Waals surface area contributed by atoms with Crippen molar-refractivity contribution in [2.24, 2.45) is 5.92 Å². The lowest BCUT2D eigenvalue weighted by molar-refractivity contribution is -0.137. The molecule has 6 nitrogen and oxygen atoms in total. The van der Waals surface area contributed by atoms with Crippen LogP contribution in [0.1, 0.15) is 36.8 Å². The zero-order chi connectivity index (χ0) is 17.2. The maximum atomic E-state index is 12.1. The Labute approximate surface area is 147 Å². The van der Waals surface area contributed by atoms with Crippen molar-refractivity contribution in [2.45, 2.75) is 44.8 Å². The number of benzene rings is 1. The summed E-state index contributed by atoms with van der Waals surface area (Å²) in [6.45, 7) is 4.36. The number of nitrogens with one attached hydrogen (secondary N) is 2. The van der Waals surface area contributed by atoms with Crippen LogP contribution in [0.2, 0.25) is 0 Å². The van der Waals surface area contributed by atoms with Gasteiger partial charge >= 0.3 is 0 Å². The van der Waals surface area contributed by atoms with Gasteiger partial charge in [-0.15, -0.1) is 0 Å². The van der Waals surface area contributed by atoms with Crippen LogP contribution in [-0.2, 0) is 22.7 Å². The molecule has 1 aromatic carbocycles. The van der Waals surface area contributed by atoms with Crippen molar-refractivity contribution in [3.8, 4) is 5.75 Å². The van der Waals surface area contributed by atoms with Gasteiger partial charge in [0.2, 0.25) is 11.8 Å². The molecule has 134 valence electrons. The Hall–Kier alpha value is -1.92. The van der Waals surface area contributed by atoms with Crippen molar-refractivity contribution >= 4 is 11.8 Å². The molecule has 2 fully saturated rings. The lowest BCUT2D eigenvalue weighted by Gasteiger charge is -2.29. The second-order valence-electron chi connectivity index (χ2n) is 7.27. The van der Waals surface area contributed by atoms with E-state index in [9.17, 15) is 9.59 Å². The average molecular weight is 343 g/mol. The summed E-state index contributed by atoms with van der Waals surface area (Å²) in [6, 6.07) is 5.96. The molecule has 2 N–H and O–H groups in total. The summed E-state index contributed by atoms with van der Waals surface area (Å²) in [5, 5.41) is 5.84. The average Bonchev–Trinajstić information content (AvgIpc) is 3.05. The number of imide groups is 1. The van der Waals surface area contributed by atoms with Gasteiger partial charge in [-0.25, -0.2) is 0 Å². The quantitative estimate of drug-likeness (QED) is 0.804. The molecule has 0 bridgehead atoms. The number of ether oxygens (including phenoxy) is 1. The summed E-state index contributed by atoms with van der Waals surface area (Å²) in [7, 11) is 0. The molecular weight excluding hydrogens is 318 g/mol. The van der Waals surface area contributed by atoms with E-state index < -0.39 is 0 Å². The van der Waals surface area contributed by atoms with Gasteiger partial charge in [0.05, 0.1) is 12.6 Å². The van der Waals surface area contributed by atoms with Crippen molar-refractivity contribution in [1.29, 1.82) is 0 Å². The Balaban J connectivity index is 1.42. The molecule has 0 aromatic heterocycles. The molecule has 2 amide bonds. The highest BCUT2D eigenvalue weighted by atomic mass is 16.5. The molecule has 6 heteroatoms. The van der Waals surface area contributed by atoms with Gasteiger partial charge < -0.3 is 10.1 Å². The number of carbonyl (C=O) groups is 2. The minimum absolute atomic E-state index is 0.163. The van der Waals surface area contributed by atoms with E-state index >= 15 is 0 Å². The number of fused-ring (bicyclic) bond motifs is 1. The minimum Gasteiger partial charge on any atom is -0.493 e. The molecule has 0 spiro atoms. The van der Waals surface area contributed by atoms with E-state index in [1.807, 2.05) is 12.1 Å². The molecule has 0 saturated carbocycles. The third kappa shape index (κ3) is 3.55. The fourth-order valence-electron chi connectivity index (χ4n) is 4.06. The van der Waals surface area contributed by atoms with Crippen LogP contribution >= 0.6 is 0 Å². The molecule has 25 heavy (non-hydrogen) atoms. The van der Waals surface area contributed by atoms with E-state index in [1.54, 1.807) is 0 Å². The van der Waals surface area contributed by atoms with Crippen LogP contribution in [-0.4, -0.2) is 42.5 Å². The molecule has 2 saturated heterocycles. The molecule has 3 aliphatic heterocycles. The van der Waals surface area contributed by atoms with Crippen LogP contribution in [0, 0.1) is 5.92 Å². The van der Waals surface area contributed by atoms with Crippen molar-refractivity contribution < 1.29 is 14.3 Å². The first kappa shape index (κ1) is 16.5. The fourth-order valence-corrected chi connectivity index (χ4v) is 4.06. The number of carbonyl (C=O) groups excluding carboxylic acids is 2. The maximum absolute atomic E-state index is 12.1. The Morgan fingerprint density at radius 3 is 2.76 bits per heavy atom. The van der Waals surface area contributed by atoms with Gasteiger partial charge in [0.15, 0.2) is 0 Å². The molecular formula is C19H25N3O3. The first-order valence-electron chi connectivity index (χ1n) is 9.23. The zero-order valence-corrected chi connectivity index (χ0v) is 14.4. The predicted octanol–water partition coefficient (Wildman–Crippen LogP) is 1.19. The molecule has 1 atom stereocenters. The van der Waals surface area contributed by atoms with E-state index in [1.165, 1.54) is 11.1 Å². The summed E-state index contributed by atoms with van der Waals surface area (Å²) >= 11 is 0. The van der Waals surface area contributed by atoms with Crippen molar-refractivity contribution in [1.82, 2.24) is 15.5 Å². The maximum Gasteiger partial charge on any atom is 0.243 e. The lowest BCUT2D eigenvalue weighted by atomic mass is 9.99. The molecule has 4 rings (SSSR count). The van der Waals surface area contributed by atoms with Crippen molar-refractivity contribution in [3.63, 3.8) is 0 Å². The van der Waals surface area contributed by atoms with E-state index in [0.717, 1.165) is 44.8 Å². The molecule has 3 heterocycles. The van der Waals surface area contributed by atoms with E-state index in [0.29, 0.717) is 25.3 Å². The number of rotatable bonds is 4. The van der Waals surface area contributed by atoms with E-state index in [-0.39, 0.29) is 17.9 Å². The smallest absolute Gasteiger partial charge is 0.243 e.